The van der Waals surface area contributed by atoms with Crippen LogP contribution in [0.1, 0.15) is 43.5 Å². The Kier molecular flexibility index (Phi) is 9.46. The number of nitrogens with one attached hydrogen (secondary N) is 1. The fourth-order valence-electron chi connectivity index (χ4n) is 2.96. The molecule has 32 heavy (non-hydrogen) atoms. The van der Waals surface area contributed by atoms with Gasteiger partial charge in [0.25, 0.3) is 0 Å². The van der Waals surface area contributed by atoms with E-state index in [-0.39, 0.29) is 11.9 Å². The molecule has 3 aromatic rings. The Bertz CT molecular complexity index is 1070. The third-order valence-corrected chi connectivity index (χ3v) is 6.10. The normalized spacial score (nSPS) is 11.2. The summed E-state index contributed by atoms with van der Waals surface area (Å²) in [6.07, 6.45) is 3.43. The number of methoxy groups -OCH3 is 1. The first-order chi connectivity index (χ1) is 15.0. The molecule has 0 aliphatic carbocycles. The molecule has 0 aliphatic rings. The minimum Gasteiger partial charge on any atom is -0.870 e. The monoisotopic (exact) mass is 497 g/mol. The van der Waals surface area contributed by atoms with E-state index in [0.717, 1.165) is 11.3 Å². The van der Waals surface area contributed by atoms with Crippen LogP contribution in [0, 0.1) is 0 Å². The van der Waals surface area contributed by atoms with Gasteiger partial charge in [0.2, 0.25) is 0 Å². The number of benzene rings is 1. The Hall–Kier alpha value is -2.65. The molecule has 1 atom stereocenters. The van der Waals surface area contributed by atoms with Crippen LogP contribution in [0.2, 0.25) is 10.0 Å². The van der Waals surface area contributed by atoms with Crippen LogP contribution in [0.3, 0.4) is 0 Å². The average Bonchev–Trinajstić information content (AvgIpc) is 3.25. The average molecular weight is 498 g/mol. The lowest BCUT2D eigenvalue weighted by Crippen LogP contribution is -2.15. The van der Waals surface area contributed by atoms with Crippen molar-refractivity contribution in [1.29, 1.82) is 0 Å². The highest BCUT2D eigenvalue weighted by Crippen LogP contribution is 2.35. The number of pyridine rings is 1. The SMILES string of the molecule is CCOc1cc(C(Cc2c(Cl)c[nH+]cc2Cl)OC(=O)c2ccc(C=O)s2)ccc1OC.[OH-]. The van der Waals surface area contributed by atoms with Crippen LogP contribution in [0.25, 0.3) is 0 Å². The first kappa shape index (κ1) is 25.6. The van der Waals surface area contributed by atoms with E-state index in [9.17, 15) is 9.59 Å². The fraction of sp³-hybridized carbons (Fsp3) is 0.227. The van der Waals surface area contributed by atoms with E-state index < -0.39 is 12.1 Å². The Labute approximate surface area is 199 Å². The smallest absolute Gasteiger partial charge is 0.348 e. The van der Waals surface area contributed by atoms with Gasteiger partial charge in [-0.05, 0) is 36.8 Å². The van der Waals surface area contributed by atoms with Gasteiger partial charge in [-0.15, -0.1) is 11.3 Å². The molecule has 10 heteroatoms. The second kappa shape index (κ2) is 11.8. The zero-order chi connectivity index (χ0) is 22.4. The van der Waals surface area contributed by atoms with Crippen molar-refractivity contribution >= 4 is 46.8 Å². The van der Waals surface area contributed by atoms with Crippen LogP contribution in [0.5, 0.6) is 11.5 Å². The maximum Gasteiger partial charge on any atom is 0.348 e. The van der Waals surface area contributed by atoms with Gasteiger partial charge in [0.1, 0.15) is 21.0 Å². The number of thiophene rings is 1. The van der Waals surface area contributed by atoms with Crippen molar-refractivity contribution in [3.8, 4) is 11.5 Å². The first-order valence-electron chi connectivity index (χ1n) is 9.37. The number of ether oxygens (including phenoxy) is 3. The van der Waals surface area contributed by atoms with Crippen molar-refractivity contribution in [3.05, 3.63) is 73.7 Å². The molecular formula is C22H21Cl2NO6S. The van der Waals surface area contributed by atoms with Gasteiger partial charge in [-0.25, -0.2) is 9.78 Å². The van der Waals surface area contributed by atoms with Crippen molar-refractivity contribution in [1.82, 2.24) is 0 Å². The summed E-state index contributed by atoms with van der Waals surface area (Å²) < 4.78 is 16.8. The Morgan fingerprint density at radius 1 is 1.16 bits per heavy atom. The van der Waals surface area contributed by atoms with Crippen LogP contribution in [-0.2, 0) is 11.2 Å². The maximum atomic E-state index is 12.8. The van der Waals surface area contributed by atoms with Gasteiger partial charge >= 0.3 is 5.97 Å². The molecule has 7 nitrogen and oxygen atoms in total. The highest BCUT2D eigenvalue weighted by Gasteiger charge is 2.24. The van der Waals surface area contributed by atoms with Gasteiger partial charge in [-0.1, -0.05) is 29.3 Å². The quantitative estimate of drug-likeness (QED) is 0.302. The fourth-order valence-corrected chi connectivity index (χ4v) is 4.20. The molecule has 3 rings (SSSR count). The first-order valence-corrected chi connectivity index (χ1v) is 10.9. The van der Waals surface area contributed by atoms with Crippen LogP contribution in [-0.4, -0.2) is 31.4 Å². The van der Waals surface area contributed by atoms with Crippen molar-refractivity contribution in [3.63, 3.8) is 0 Å². The molecule has 0 spiro atoms. The van der Waals surface area contributed by atoms with Gasteiger partial charge in [0.05, 0.1) is 18.6 Å². The van der Waals surface area contributed by atoms with Crippen molar-refractivity contribution in [2.45, 2.75) is 19.4 Å². The van der Waals surface area contributed by atoms with E-state index in [0.29, 0.717) is 55.3 Å². The van der Waals surface area contributed by atoms with Gasteiger partial charge < -0.3 is 19.7 Å². The highest BCUT2D eigenvalue weighted by atomic mass is 35.5. The van der Waals surface area contributed by atoms with Gasteiger partial charge in [0.15, 0.2) is 30.2 Å². The summed E-state index contributed by atoms with van der Waals surface area (Å²) in [4.78, 5) is 27.4. The third kappa shape index (κ3) is 5.98. The number of aromatic nitrogens is 1. The van der Waals surface area contributed by atoms with Crippen LogP contribution in [0.15, 0.2) is 42.7 Å². The minimum absolute atomic E-state index is 0. The summed E-state index contributed by atoms with van der Waals surface area (Å²) >= 11 is 13.7. The molecule has 0 saturated carbocycles. The predicted octanol–water partition coefficient (Wildman–Crippen LogP) is 5.05. The number of carbonyl (C=O) groups excluding carboxylic acids is 2. The van der Waals surface area contributed by atoms with Crippen LogP contribution >= 0.6 is 34.5 Å². The van der Waals surface area contributed by atoms with Crippen molar-refractivity contribution in [2.75, 3.05) is 13.7 Å². The number of aromatic amines is 1. The lowest BCUT2D eigenvalue weighted by Gasteiger charge is -2.20. The van der Waals surface area contributed by atoms with E-state index in [1.165, 1.54) is 0 Å². The molecule has 0 fully saturated rings. The van der Waals surface area contributed by atoms with Crippen molar-refractivity contribution in [2.24, 2.45) is 0 Å². The Morgan fingerprint density at radius 2 is 1.88 bits per heavy atom. The number of carbonyl (C=O) groups is 2. The second-order valence-corrected chi connectivity index (χ2v) is 8.32. The van der Waals surface area contributed by atoms with E-state index in [1.807, 2.05) is 6.92 Å². The number of aldehydes is 1. The summed E-state index contributed by atoms with van der Waals surface area (Å²) in [5, 5.41) is 0.845. The summed E-state index contributed by atoms with van der Waals surface area (Å²) in [7, 11) is 1.55. The predicted molar refractivity (Wildman–Crippen MR) is 121 cm³/mol. The standard InChI is InChI=1S/C22H19Cl2NO5S.H2O/c1-3-29-20-8-13(4-6-18(20)28-2)19(9-15-16(23)10-25-11-17(15)24)30-22(27)21-7-5-14(12-26)31-21;/h4-8,10-12,19H,3,9H2,1-2H3;1H2. The molecular weight excluding hydrogens is 477 g/mol. The molecule has 1 unspecified atom stereocenters. The summed E-state index contributed by atoms with van der Waals surface area (Å²) in [6, 6.07) is 8.44. The van der Waals surface area contributed by atoms with Gasteiger partial charge in [0, 0.05) is 12.0 Å². The highest BCUT2D eigenvalue weighted by molar-refractivity contribution is 7.15. The number of rotatable bonds is 9. The molecule has 0 aliphatic heterocycles. The molecule has 170 valence electrons. The second-order valence-electron chi connectivity index (χ2n) is 6.39. The van der Waals surface area contributed by atoms with Gasteiger partial charge in [-0.2, -0.15) is 0 Å². The molecule has 2 N–H and O–H groups in total. The summed E-state index contributed by atoms with van der Waals surface area (Å²) in [5.74, 6) is 0.544. The largest absolute Gasteiger partial charge is 0.870 e. The number of hydrogen-bond acceptors (Lipinski definition) is 7. The topological polar surface area (TPSA) is 106 Å². The lowest BCUT2D eigenvalue weighted by atomic mass is 10.0. The van der Waals surface area contributed by atoms with Gasteiger partial charge in [-0.3, -0.25) is 4.79 Å². The zero-order valence-electron chi connectivity index (χ0n) is 17.3. The number of esters is 1. The third-order valence-electron chi connectivity index (χ3n) is 4.44. The number of halogens is 2. The summed E-state index contributed by atoms with van der Waals surface area (Å²) in [5.41, 5.74) is 1.32. The van der Waals surface area contributed by atoms with E-state index in [1.54, 1.807) is 49.8 Å². The zero-order valence-corrected chi connectivity index (χ0v) is 19.6. The number of hydrogen-bond donors (Lipinski definition) is 0. The van der Waals surface area contributed by atoms with Crippen LogP contribution < -0.4 is 14.5 Å². The summed E-state index contributed by atoms with van der Waals surface area (Å²) in [6.45, 7) is 2.31. The maximum absolute atomic E-state index is 12.8. The minimum atomic E-state index is -0.711. The Morgan fingerprint density at radius 3 is 2.47 bits per heavy atom. The molecule has 1 aromatic carbocycles. The van der Waals surface area contributed by atoms with E-state index in [4.69, 9.17) is 37.4 Å². The lowest BCUT2D eigenvalue weighted by molar-refractivity contribution is -0.377. The van der Waals surface area contributed by atoms with Crippen LogP contribution in [0.4, 0.5) is 0 Å². The molecule has 2 aromatic heterocycles. The molecule has 0 amide bonds. The molecule has 0 saturated heterocycles. The molecule has 0 radical (unpaired) electrons. The molecule has 0 bridgehead atoms. The number of H-pyrrole nitrogens is 1. The van der Waals surface area contributed by atoms with E-state index in [2.05, 4.69) is 4.98 Å². The molecule has 2 heterocycles. The van der Waals surface area contributed by atoms with Crippen molar-refractivity contribution < 1.29 is 34.3 Å². The van der Waals surface area contributed by atoms with E-state index >= 15 is 0 Å². The Balaban J connectivity index is 0.00000363.